The number of alkyl halides is 2. The number of fused-ring (bicyclic) bond motifs is 1. The molecule has 1 aliphatic carbocycles. The van der Waals surface area contributed by atoms with Gasteiger partial charge in [-0.05, 0) is 57.4 Å². The number of carbonyl (C=O) groups excluding carboxylic acids is 1. The molecule has 1 aromatic carbocycles. The van der Waals surface area contributed by atoms with E-state index in [4.69, 9.17) is 23.2 Å². The molecule has 5 rings (SSSR count). The van der Waals surface area contributed by atoms with Crippen molar-refractivity contribution in [3.05, 3.63) is 68.2 Å². The third-order valence-corrected chi connectivity index (χ3v) is 7.02. The normalized spacial score (nSPS) is 13.7. The summed E-state index contributed by atoms with van der Waals surface area (Å²) in [5.41, 5.74) is 4.09. The van der Waals surface area contributed by atoms with Crippen molar-refractivity contribution < 1.29 is 13.6 Å². The van der Waals surface area contributed by atoms with Crippen molar-refractivity contribution in [2.24, 2.45) is 0 Å². The summed E-state index contributed by atoms with van der Waals surface area (Å²) in [7, 11) is 0. The van der Waals surface area contributed by atoms with Crippen LogP contribution in [0.2, 0.25) is 10.0 Å². The fourth-order valence-corrected chi connectivity index (χ4v) is 4.90. The van der Waals surface area contributed by atoms with E-state index in [0.717, 1.165) is 24.1 Å². The molecule has 3 aromatic heterocycles. The number of nitrogens with zero attached hydrogens (tertiary/aromatic N) is 5. The lowest BCUT2D eigenvalue weighted by molar-refractivity contribution is -0.116. The number of rotatable bonds is 7. The van der Waals surface area contributed by atoms with E-state index >= 15 is 0 Å². The Hall–Kier alpha value is -3.04. The maximum atomic E-state index is 13.8. The first-order valence-electron chi connectivity index (χ1n) is 11.6. The van der Waals surface area contributed by atoms with Gasteiger partial charge in [0.2, 0.25) is 5.91 Å². The van der Waals surface area contributed by atoms with Crippen LogP contribution in [0.15, 0.2) is 24.3 Å². The van der Waals surface area contributed by atoms with Gasteiger partial charge in [0, 0.05) is 27.2 Å². The van der Waals surface area contributed by atoms with Gasteiger partial charge in [0.15, 0.2) is 5.65 Å². The molecule has 3 heterocycles. The number of pyridine rings is 1. The zero-order chi connectivity index (χ0) is 25.7. The molecule has 1 fully saturated rings. The van der Waals surface area contributed by atoms with Gasteiger partial charge in [0.1, 0.15) is 6.54 Å². The van der Waals surface area contributed by atoms with E-state index in [2.05, 4.69) is 20.5 Å². The molecule has 0 unspecified atom stereocenters. The number of aryl methyl sites for hydroxylation is 2. The summed E-state index contributed by atoms with van der Waals surface area (Å²) in [4.78, 5) is 17.6. The molecule has 4 aromatic rings. The SMILES string of the molecule is Cc1nn(Cc2ccc(Cl)cc2Cl)c(C)c1NC(=O)Cn1nc(C)c2c(C(F)F)cc(C3CC3)nc21. The van der Waals surface area contributed by atoms with E-state index in [-0.39, 0.29) is 23.9 Å². The molecule has 1 aliphatic rings. The molecule has 0 bridgehead atoms. The fourth-order valence-electron chi connectivity index (χ4n) is 4.44. The van der Waals surface area contributed by atoms with Crippen LogP contribution in [0.1, 0.15) is 59.1 Å². The number of amides is 1. The van der Waals surface area contributed by atoms with Crippen LogP contribution in [0.25, 0.3) is 11.0 Å². The molecule has 0 saturated heterocycles. The second-order valence-electron chi connectivity index (χ2n) is 9.14. The van der Waals surface area contributed by atoms with Gasteiger partial charge in [-0.25, -0.2) is 18.4 Å². The molecule has 0 radical (unpaired) electrons. The van der Waals surface area contributed by atoms with Crippen molar-refractivity contribution >= 4 is 45.8 Å². The summed E-state index contributed by atoms with van der Waals surface area (Å²) in [5, 5.41) is 13.2. The van der Waals surface area contributed by atoms with Gasteiger partial charge in [0.05, 0.1) is 34.7 Å². The van der Waals surface area contributed by atoms with E-state index in [1.54, 1.807) is 30.7 Å². The number of carbonyl (C=O) groups is 1. The highest BCUT2D eigenvalue weighted by molar-refractivity contribution is 6.35. The smallest absolute Gasteiger partial charge is 0.264 e. The minimum absolute atomic E-state index is 0.0834. The van der Waals surface area contributed by atoms with Gasteiger partial charge in [-0.2, -0.15) is 10.2 Å². The Morgan fingerprint density at radius 1 is 1.11 bits per heavy atom. The topological polar surface area (TPSA) is 77.6 Å². The Labute approximate surface area is 216 Å². The highest BCUT2D eigenvalue weighted by Gasteiger charge is 2.29. The van der Waals surface area contributed by atoms with Crippen molar-refractivity contribution in [2.45, 2.75) is 59.0 Å². The molecular weight excluding hydrogens is 509 g/mol. The Kier molecular flexibility index (Phi) is 6.46. The highest BCUT2D eigenvalue weighted by atomic mass is 35.5. The second kappa shape index (κ2) is 9.44. The molecule has 1 saturated carbocycles. The Bertz CT molecular complexity index is 1490. The number of halogens is 4. The standard InChI is InChI=1S/C25H24Cl2F2N6O/c1-12-22-18(24(28)29)9-20(15-4-5-15)30-25(22)35(32-12)11-21(36)31-23-13(2)33-34(14(23)3)10-16-6-7-17(26)8-19(16)27/h6-9,15,24H,4-5,10-11H2,1-3H3,(H,31,36). The highest BCUT2D eigenvalue weighted by Crippen LogP contribution is 2.42. The van der Waals surface area contributed by atoms with Gasteiger partial charge >= 0.3 is 0 Å². The molecule has 11 heteroatoms. The minimum atomic E-state index is -2.65. The lowest BCUT2D eigenvalue weighted by atomic mass is 10.1. The first kappa shape index (κ1) is 24.6. The summed E-state index contributed by atoms with van der Waals surface area (Å²) >= 11 is 12.3. The van der Waals surface area contributed by atoms with Crippen molar-refractivity contribution in [2.75, 3.05) is 5.32 Å². The van der Waals surface area contributed by atoms with Crippen molar-refractivity contribution in [3.63, 3.8) is 0 Å². The molecule has 1 amide bonds. The van der Waals surface area contributed by atoms with E-state index < -0.39 is 6.43 Å². The average molecular weight is 533 g/mol. The van der Waals surface area contributed by atoms with Gasteiger partial charge in [0.25, 0.3) is 6.43 Å². The van der Waals surface area contributed by atoms with E-state index in [0.29, 0.717) is 50.4 Å². The summed E-state index contributed by atoms with van der Waals surface area (Å²) in [5.74, 6) is -0.165. The number of hydrogen-bond acceptors (Lipinski definition) is 4. The zero-order valence-electron chi connectivity index (χ0n) is 19.9. The first-order chi connectivity index (χ1) is 17.1. The summed E-state index contributed by atoms with van der Waals surface area (Å²) in [6.45, 7) is 5.55. The van der Waals surface area contributed by atoms with Crippen LogP contribution in [-0.2, 0) is 17.9 Å². The minimum Gasteiger partial charge on any atom is -0.321 e. The third kappa shape index (κ3) is 4.69. The monoisotopic (exact) mass is 532 g/mol. The fraction of sp³-hybridized carbons (Fsp3) is 0.360. The number of aromatic nitrogens is 5. The van der Waals surface area contributed by atoms with Crippen LogP contribution in [-0.4, -0.2) is 30.5 Å². The van der Waals surface area contributed by atoms with Gasteiger partial charge in [-0.3, -0.25) is 9.48 Å². The molecule has 7 nitrogen and oxygen atoms in total. The zero-order valence-corrected chi connectivity index (χ0v) is 21.5. The van der Waals surface area contributed by atoms with Crippen molar-refractivity contribution in [3.8, 4) is 0 Å². The second-order valence-corrected chi connectivity index (χ2v) is 9.98. The summed E-state index contributed by atoms with van der Waals surface area (Å²) < 4.78 is 30.8. The lowest BCUT2D eigenvalue weighted by Gasteiger charge is -2.10. The van der Waals surface area contributed by atoms with Crippen LogP contribution in [0, 0.1) is 20.8 Å². The molecule has 0 atom stereocenters. The maximum absolute atomic E-state index is 13.8. The summed E-state index contributed by atoms with van der Waals surface area (Å²) in [6.07, 6.45) is -0.791. The van der Waals surface area contributed by atoms with Crippen LogP contribution >= 0.6 is 23.2 Å². The Balaban J connectivity index is 1.40. The number of hydrogen-bond donors (Lipinski definition) is 1. The lowest BCUT2D eigenvalue weighted by Crippen LogP contribution is -2.20. The maximum Gasteiger partial charge on any atom is 0.264 e. The number of nitrogens with one attached hydrogen (secondary N) is 1. The van der Waals surface area contributed by atoms with Gasteiger partial charge in [-0.1, -0.05) is 29.3 Å². The Morgan fingerprint density at radius 2 is 1.83 bits per heavy atom. The van der Waals surface area contributed by atoms with Gasteiger partial charge < -0.3 is 5.32 Å². The van der Waals surface area contributed by atoms with E-state index in [1.165, 1.54) is 10.7 Å². The Morgan fingerprint density at radius 3 is 2.50 bits per heavy atom. The summed E-state index contributed by atoms with van der Waals surface area (Å²) in [6, 6.07) is 6.75. The van der Waals surface area contributed by atoms with Crippen LogP contribution in [0.4, 0.5) is 14.5 Å². The third-order valence-electron chi connectivity index (χ3n) is 6.43. The number of anilines is 1. The van der Waals surface area contributed by atoms with Crippen LogP contribution < -0.4 is 5.32 Å². The first-order valence-corrected chi connectivity index (χ1v) is 12.3. The molecule has 36 heavy (non-hydrogen) atoms. The van der Waals surface area contributed by atoms with Crippen molar-refractivity contribution in [1.29, 1.82) is 0 Å². The quantitative estimate of drug-likeness (QED) is 0.300. The molecule has 188 valence electrons. The van der Waals surface area contributed by atoms with Crippen molar-refractivity contribution in [1.82, 2.24) is 24.5 Å². The predicted octanol–water partition coefficient (Wildman–Crippen LogP) is 6.36. The largest absolute Gasteiger partial charge is 0.321 e. The molecule has 0 spiro atoms. The van der Waals surface area contributed by atoms with E-state index in [9.17, 15) is 13.6 Å². The number of benzene rings is 1. The van der Waals surface area contributed by atoms with Crippen LogP contribution in [0.5, 0.6) is 0 Å². The predicted molar refractivity (Wildman–Crippen MR) is 135 cm³/mol. The van der Waals surface area contributed by atoms with Crippen LogP contribution in [0.3, 0.4) is 0 Å². The average Bonchev–Trinajstić information content (AvgIpc) is 3.58. The molecule has 1 N–H and O–H groups in total. The van der Waals surface area contributed by atoms with E-state index in [1.807, 2.05) is 13.0 Å². The van der Waals surface area contributed by atoms with Gasteiger partial charge in [-0.15, -0.1) is 0 Å². The molecule has 0 aliphatic heterocycles. The molecular formula is C25H24Cl2F2N6O.